The van der Waals surface area contributed by atoms with E-state index in [0.29, 0.717) is 18.8 Å². The summed E-state index contributed by atoms with van der Waals surface area (Å²) in [6, 6.07) is 0. The molecule has 0 aromatic heterocycles. The summed E-state index contributed by atoms with van der Waals surface area (Å²) in [7, 11) is -4.04. The standard InChI is InChI=1S/C16H35O3P.Nd/c1-5-8-10-11-13-16(4,20(17,18)19)14-15(7-3)12-9-6-2;/h15H,5-14H2,1-4H3,(H2,17,18,19);. The van der Waals surface area contributed by atoms with Crippen LogP contribution in [-0.4, -0.2) is 14.9 Å². The second-order valence-electron chi connectivity index (χ2n) is 6.47. The van der Waals surface area contributed by atoms with Gasteiger partial charge in [0.25, 0.3) is 0 Å². The molecule has 21 heavy (non-hydrogen) atoms. The van der Waals surface area contributed by atoms with Crippen LogP contribution >= 0.6 is 7.60 Å². The second kappa shape index (κ2) is 12.9. The van der Waals surface area contributed by atoms with Crippen LogP contribution in [-0.2, 0) is 4.57 Å². The van der Waals surface area contributed by atoms with Gasteiger partial charge in [-0.2, -0.15) is 0 Å². The molecule has 0 saturated heterocycles. The Labute approximate surface area is 164 Å². The molecule has 2 unspecified atom stereocenters. The molecule has 0 aliphatic rings. The molecule has 0 bridgehead atoms. The molecule has 5 heteroatoms. The van der Waals surface area contributed by atoms with Gasteiger partial charge in [0.2, 0.25) is 0 Å². The van der Waals surface area contributed by atoms with Crippen molar-refractivity contribution in [1.82, 2.24) is 0 Å². The van der Waals surface area contributed by atoms with E-state index in [4.69, 9.17) is 0 Å². The quantitative estimate of drug-likeness (QED) is 0.305. The number of rotatable bonds is 12. The van der Waals surface area contributed by atoms with Crippen LogP contribution in [0.1, 0.15) is 91.9 Å². The Kier molecular flexibility index (Phi) is 15.2. The smallest absolute Gasteiger partial charge is 0.324 e. The molecule has 0 fully saturated rings. The van der Waals surface area contributed by atoms with E-state index in [1.54, 1.807) is 6.92 Å². The minimum atomic E-state index is -4.04. The van der Waals surface area contributed by atoms with Crippen molar-refractivity contribution in [2.45, 2.75) is 97.1 Å². The molecule has 0 amide bonds. The minimum absolute atomic E-state index is 0. The summed E-state index contributed by atoms with van der Waals surface area (Å²) in [4.78, 5) is 19.5. The summed E-state index contributed by atoms with van der Waals surface area (Å²) in [6.07, 6.45) is 10.1. The minimum Gasteiger partial charge on any atom is -0.324 e. The Balaban J connectivity index is 0. The maximum Gasteiger partial charge on any atom is 0.331 e. The first-order valence-electron chi connectivity index (χ1n) is 8.36. The van der Waals surface area contributed by atoms with E-state index in [0.717, 1.165) is 51.4 Å². The van der Waals surface area contributed by atoms with Crippen LogP contribution in [0, 0.1) is 46.8 Å². The monoisotopic (exact) mass is 448 g/mol. The first-order valence-corrected chi connectivity index (χ1v) is 9.97. The van der Waals surface area contributed by atoms with Gasteiger partial charge in [-0.15, -0.1) is 0 Å². The Hall–Kier alpha value is 1.50. The molecule has 0 aromatic rings. The predicted molar refractivity (Wildman–Crippen MR) is 87.1 cm³/mol. The molecule has 126 valence electrons. The van der Waals surface area contributed by atoms with Gasteiger partial charge in [0, 0.05) is 40.8 Å². The molecule has 0 aliphatic carbocycles. The zero-order valence-electron chi connectivity index (χ0n) is 14.4. The van der Waals surface area contributed by atoms with E-state index in [1.807, 2.05) is 0 Å². The molecule has 3 nitrogen and oxygen atoms in total. The molecule has 0 radical (unpaired) electrons. The van der Waals surface area contributed by atoms with Crippen LogP contribution in [0.3, 0.4) is 0 Å². The molecular weight excluding hydrogens is 415 g/mol. The van der Waals surface area contributed by atoms with E-state index >= 15 is 0 Å². The van der Waals surface area contributed by atoms with Gasteiger partial charge < -0.3 is 9.79 Å². The molecule has 2 N–H and O–H groups in total. The van der Waals surface area contributed by atoms with Crippen LogP contribution in [0.25, 0.3) is 0 Å². The Morgan fingerprint density at radius 2 is 1.57 bits per heavy atom. The van der Waals surface area contributed by atoms with Crippen LogP contribution in [0.5, 0.6) is 0 Å². The first-order chi connectivity index (χ1) is 9.30. The van der Waals surface area contributed by atoms with Crippen molar-refractivity contribution >= 4 is 7.60 Å². The average Bonchev–Trinajstić information content (AvgIpc) is 2.38. The summed E-state index contributed by atoms with van der Waals surface area (Å²) in [5.74, 6) is 0.443. The third kappa shape index (κ3) is 10.1. The van der Waals surface area contributed by atoms with E-state index in [9.17, 15) is 14.4 Å². The van der Waals surface area contributed by atoms with Gasteiger partial charge in [-0.3, -0.25) is 4.57 Å². The summed E-state index contributed by atoms with van der Waals surface area (Å²) in [5.41, 5.74) is 0. The molecule has 0 spiro atoms. The average molecular weight is 451 g/mol. The normalized spacial score (nSPS) is 16.1. The summed E-state index contributed by atoms with van der Waals surface area (Å²) in [6.45, 7) is 8.26. The van der Waals surface area contributed by atoms with Crippen LogP contribution in [0.15, 0.2) is 0 Å². The topological polar surface area (TPSA) is 57.5 Å². The molecule has 0 rings (SSSR count). The molecule has 0 aliphatic heterocycles. The zero-order valence-corrected chi connectivity index (χ0v) is 18.5. The Morgan fingerprint density at radius 1 is 1.00 bits per heavy atom. The van der Waals surface area contributed by atoms with Crippen molar-refractivity contribution in [2.75, 3.05) is 0 Å². The van der Waals surface area contributed by atoms with Gasteiger partial charge in [0.05, 0.1) is 5.16 Å². The molecular formula is C16H35NdO3P. The van der Waals surface area contributed by atoms with Crippen LogP contribution < -0.4 is 0 Å². The predicted octanol–water partition coefficient (Wildman–Crippen LogP) is 5.50. The van der Waals surface area contributed by atoms with E-state index in [-0.39, 0.29) is 40.8 Å². The van der Waals surface area contributed by atoms with Crippen molar-refractivity contribution in [2.24, 2.45) is 5.92 Å². The zero-order chi connectivity index (χ0) is 15.6. The molecule has 0 aromatic carbocycles. The summed E-state index contributed by atoms with van der Waals surface area (Å²) < 4.78 is 11.9. The number of hydrogen-bond donors (Lipinski definition) is 2. The third-order valence-corrected chi connectivity index (χ3v) is 6.36. The molecule has 0 saturated carbocycles. The number of unbranched alkanes of at least 4 members (excludes halogenated alkanes) is 4. The Bertz CT molecular complexity index is 293. The van der Waals surface area contributed by atoms with E-state index in [1.165, 1.54) is 0 Å². The first kappa shape index (κ1) is 24.7. The third-order valence-electron chi connectivity index (χ3n) is 4.54. The van der Waals surface area contributed by atoms with Gasteiger partial charge in [0.1, 0.15) is 0 Å². The van der Waals surface area contributed by atoms with E-state index < -0.39 is 12.8 Å². The maximum absolute atomic E-state index is 11.9. The largest absolute Gasteiger partial charge is 0.331 e. The van der Waals surface area contributed by atoms with Crippen LogP contribution in [0.2, 0.25) is 0 Å². The van der Waals surface area contributed by atoms with Crippen molar-refractivity contribution in [1.29, 1.82) is 0 Å². The fourth-order valence-electron chi connectivity index (χ4n) is 2.86. The van der Waals surface area contributed by atoms with E-state index in [2.05, 4.69) is 20.8 Å². The van der Waals surface area contributed by atoms with Crippen molar-refractivity contribution < 1.29 is 55.2 Å². The van der Waals surface area contributed by atoms with Crippen molar-refractivity contribution in [3.63, 3.8) is 0 Å². The maximum atomic E-state index is 11.9. The van der Waals surface area contributed by atoms with Gasteiger partial charge in [-0.25, -0.2) is 0 Å². The number of hydrogen-bond acceptors (Lipinski definition) is 1. The van der Waals surface area contributed by atoms with Gasteiger partial charge >= 0.3 is 7.60 Å². The fourth-order valence-corrected chi connectivity index (χ4v) is 3.81. The van der Waals surface area contributed by atoms with Gasteiger partial charge in [-0.05, 0) is 25.7 Å². The van der Waals surface area contributed by atoms with Gasteiger partial charge in [0.15, 0.2) is 0 Å². The SMILES string of the molecule is CCCCCCC(C)(CC(CC)CCCC)P(=O)(O)O.[Nd]. The Morgan fingerprint density at radius 3 is 2.00 bits per heavy atom. The second-order valence-corrected chi connectivity index (χ2v) is 8.64. The fraction of sp³-hybridized carbons (Fsp3) is 1.00. The summed E-state index contributed by atoms with van der Waals surface area (Å²) in [5, 5.41) is -0.824. The summed E-state index contributed by atoms with van der Waals surface area (Å²) >= 11 is 0. The van der Waals surface area contributed by atoms with Crippen LogP contribution in [0.4, 0.5) is 0 Å². The molecule has 2 atom stereocenters. The van der Waals surface area contributed by atoms with Crippen molar-refractivity contribution in [3.05, 3.63) is 0 Å². The van der Waals surface area contributed by atoms with Crippen molar-refractivity contribution in [3.8, 4) is 0 Å². The molecule has 0 heterocycles. The van der Waals surface area contributed by atoms with Gasteiger partial charge in [-0.1, -0.05) is 72.1 Å².